The molecular formula is C18H38O6. The lowest BCUT2D eigenvalue weighted by atomic mass is 10.1. The number of carboxylic acids is 2. The third-order valence-electron chi connectivity index (χ3n) is 3.23. The quantitative estimate of drug-likeness (QED) is 0.399. The van der Waals surface area contributed by atoms with Crippen molar-refractivity contribution in [1.29, 1.82) is 0 Å². The number of aliphatic carboxylic acids is 2. The molecule has 0 heterocycles. The van der Waals surface area contributed by atoms with E-state index in [2.05, 4.69) is 13.8 Å². The average molecular weight is 350 g/mol. The number of rotatable bonds is 12. The van der Waals surface area contributed by atoms with E-state index < -0.39 is 11.9 Å². The molecule has 0 bridgehead atoms. The number of unbranched alkanes of at least 4 members (excludes halogenated alkanes) is 4. The van der Waals surface area contributed by atoms with E-state index in [9.17, 15) is 9.59 Å². The smallest absolute Gasteiger partial charge is 0.303 e. The maximum Gasteiger partial charge on any atom is 0.303 e. The molecule has 6 heteroatoms. The molecule has 4 N–H and O–H groups in total. The largest absolute Gasteiger partial charge is 0.481 e. The third-order valence-corrected chi connectivity index (χ3v) is 3.23. The maximum absolute atomic E-state index is 9.87. The summed E-state index contributed by atoms with van der Waals surface area (Å²) in [5, 5.41) is 33.0. The van der Waals surface area contributed by atoms with Gasteiger partial charge in [0.25, 0.3) is 0 Å². The molecule has 0 rings (SSSR count). The van der Waals surface area contributed by atoms with Gasteiger partial charge in [0.2, 0.25) is 0 Å². The molecule has 0 unspecified atom stereocenters. The van der Waals surface area contributed by atoms with Crippen molar-refractivity contribution in [2.45, 2.75) is 85.0 Å². The summed E-state index contributed by atoms with van der Waals surface area (Å²) in [6.07, 6.45) is 8.17. The van der Waals surface area contributed by atoms with Crippen LogP contribution in [0.25, 0.3) is 0 Å². The van der Waals surface area contributed by atoms with Crippen molar-refractivity contribution < 1.29 is 30.0 Å². The lowest BCUT2D eigenvalue weighted by molar-refractivity contribution is -0.138. The molecule has 0 aromatic rings. The summed E-state index contributed by atoms with van der Waals surface area (Å²) >= 11 is 0. The van der Waals surface area contributed by atoms with E-state index in [-0.39, 0.29) is 13.2 Å². The van der Waals surface area contributed by atoms with Crippen LogP contribution in [0.1, 0.15) is 85.0 Å². The van der Waals surface area contributed by atoms with E-state index in [1.165, 1.54) is 0 Å². The number of aliphatic hydroxyl groups is 2. The van der Waals surface area contributed by atoms with Crippen LogP contribution in [0, 0.1) is 5.92 Å². The number of hydrogen-bond donors (Lipinski definition) is 4. The average Bonchev–Trinajstić information content (AvgIpc) is 2.49. The normalized spacial score (nSPS) is 9.58. The third kappa shape index (κ3) is 37.3. The SMILES string of the molecule is CC(CCO)CCO.CCCCCC(=O)O.CCCCCC(=O)O. The zero-order valence-corrected chi connectivity index (χ0v) is 15.7. The highest BCUT2D eigenvalue weighted by Gasteiger charge is 1.97. The first-order valence-corrected chi connectivity index (χ1v) is 9.00. The molecule has 0 fully saturated rings. The first-order chi connectivity index (χ1) is 11.3. The van der Waals surface area contributed by atoms with E-state index in [4.69, 9.17) is 20.4 Å². The van der Waals surface area contributed by atoms with Crippen LogP contribution in [0.3, 0.4) is 0 Å². The van der Waals surface area contributed by atoms with Gasteiger partial charge in [-0.15, -0.1) is 0 Å². The predicted molar refractivity (Wildman–Crippen MR) is 96.1 cm³/mol. The number of carbonyl (C=O) groups is 2. The molecule has 24 heavy (non-hydrogen) atoms. The second kappa shape index (κ2) is 24.1. The maximum atomic E-state index is 9.87. The fourth-order valence-electron chi connectivity index (χ4n) is 1.64. The summed E-state index contributed by atoms with van der Waals surface area (Å²) < 4.78 is 0. The van der Waals surface area contributed by atoms with Crippen LogP contribution in [0.15, 0.2) is 0 Å². The molecule has 0 aromatic heterocycles. The molecule has 0 atom stereocenters. The Morgan fingerprint density at radius 2 is 1.08 bits per heavy atom. The van der Waals surface area contributed by atoms with Gasteiger partial charge < -0.3 is 20.4 Å². The topological polar surface area (TPSA) is 115 Å². The molecular weight excluding hydrogens is 312 g/mol. The summed E-state index contributed by atoms with van der Waals surface area (Å²) in [4.78, 5) is 19.7. The summed E-state index contributed by atoms with van der Waals surface area (Å²) in [7, 11) is 0. The Morgan fingerprint density at radius 3 is 1.29 bits per heavy atom. The Labute approximate surface area is 146 Å². The van der Waals surface area contributed by atoms with Crippen molar-refractivity contribution in [3.63, 3.8) is 0 Å². The first kappa shape index (κ1) is 27.7. The van der Waals surface area contributed by atoms with Gasteiger partial charge in [-0.1, -0.05) is 46.5 Å². The fourth-order valence-corrected chi connectivity index (χ4v) is 1.64. The highest BCUT2D eigenvalue weighted by atomic mass is 16.4. The summed E-state index contributed by atoms with van der Waals surface area (Å²) in [6.45, 7) is 6.61. The molecule has 0 spiro atoms. The molecule has 0 radical (unpaired) electrons. The zero-order valence-electron chi connectivity index (χ0n) is 15.7. The van der Waals surface area contributed by atoms with Crippen molar-refractivity contribution in [3.8, 4) is 0 Å². The molecule has 146 valence electrons. The van der Waals surface area contributed by atoms with E-state index in [0.29, 0.717) is 18.8 Å². The Morgan fingerprint density at radius 1 is 0.750 bits per heavy atom. The van der Waals surface area contributed by atoms with Gasteiger partial charge in [-0.05, 0) is 31.6 Å². The lowest BCUT2D eigenvalue weighted by Gasteiger charge is -2.04. The van der Waals surface area contributed by atoms with Gasteiger partial charge in [-0.2, -0.15) is 0 Å². The minimum Gasteiger partial charge on any atom is -0.481 e. The first-order valence-electron chi connectivity index (χ1n) is 9.00. The summed E-state index contributed by atoms with van der Waals surface area (Å²) in [5.74, 6) is -0.901. The number of carboxylic acid groups (broad SMARTS) is 2. The van der Waals surface area contributed by atoms with Gasteiger partial charge in [0.15, 0.2) is 0 Å². The molecule has 0 saturated heterocycles. The van der Waals surface area contributed by atoms with E-state index in [1.807, 2.05) is 6.92 Å². The molecule has 0 aliphatic carbocycles. The van der Waals surface area contributed by atoms with Crippen molar-refractivity contribution in [1.82, 2.24) is 0 Å². The molecule has 0 aliphatic heterocycles. The minimum absolute atomic E-state index is 0.237. The monoisotopic (exact) mass is 350 g/mol. The van der Waals surface area contributed by atoms with Gasteiger partial charge in [0, 0.05) is 26.1 Å². The van der Waals surface area contributed by atoms with E-state index >= 15 is 0 Å². The van der Waals surface area contributed by atoms with Crippen LogP contribution in [-0.2, 0) is 9.59 Å². The van der Waals surface area contributed by atoms with Gasteiger partial charge in [0.1, 0.15) is 0 Å². The molecule has 0 amide bonds. The lowest BCUT2D eigenvalue weighted by Crippen LogP contribution is -1.99. The van der Waals surface area contributed by atoms with Gasteiger partial charge in [-0.25, -0.2) is 0 Å². The van der Waals surface area contributed by atoms with E-state index in [1.54, 1.807) is 0 Å². The van der Waals surface area contributed by atoms with Crippen molar-refractivity contribution in [2.75, 3.05) is 13.2 Å². The summed E-state index contributed by atoms with van der Waals surface area (Å²) in [6, 6.07) is 0. The van der Waals surface area contributed by atoms with Crippen LogP contribution >= 0.6 is 0 Å². The highest BCUT2D eigenvalue weighted by molar-refractivity contribution is 5.66. The Kier molecular flexibility index (Phi) is 27.8. The van der Waals surface area contributed by atoms with Crippen LogP contribution in [0.4, 0.5) is 0 Å². The number of aliphatic hydroxyl groups excluding tert-OH is 2. The minimum atomic E-state index is -0.682. The van der Waals surface area contributed by atoms with E-state index in [0.717, 1.165) is 51.4 Å². The summed E-state index contributed by atoms with van der Waals surface area (Å²) in [5.41, 5.74) is 0. The Bertz CT molecular complexity index is 242. The zero-order chi connectivity index (χ0) is 19.2. The highest BCUT2D eigenvalue weighted by Crippen LogP contribution is 2.04. The van der Waals surface area contributed by atoms with Gasteiger partial charge in [0.05, 0.1) is 0 Å². The molecule has 6 nitrogen and oxygen atoms in total. The predicted octanol–water partition coefficient (Wildman–Crippen LogP) is 3.69. The fraction of sp³-hybridized carbons (Fsp3) is 0.889. The Balaban J connectivity index is -0.000000276. The second-order valence-electron chi connectivity index (χ2n) is 5.83. The molecule has 0 aliphatic rings. The molecule has 0 saturated carbocycles. The van der Waals surface area contributed by atoms with Crippen LogP contribution in [-0.4, -0.2) is 45.6 Å². The van der Waals surface area contributed by atoms with Crippen molar-refractivity contribution in [3.05, 3.63) is 0 Å². The van der Waals surface area contributed by atoms with Crippen molar-refractivity contribution >= 4 is 11.9 Å². The van der Waals surface area contributed by atoms with Crippen LogP contribution < -0.4 is 0 Å². The van der Waals surface area contributed by atoms with Gasteiger partial charge in [-0.3, -0.25) is 9.59 Å². The molecule has 0 aromatic carbocycles. The van der Waals surface area contributed by atoms with Crippen molar-refractivity contribution in [2.24, 2.45) is 5.92 Å². The number of hydrogen-bond acceptors (Lipinski definition) is 4. The second-order valence-corrected chi connectivity index (χ2v) is 5.83. The standard InChI is InChI=1S/C6H14O2.2C6H12O2/c1-6(2-4-7)3-5-8;2*1-2-3-4-5-6(7)8/h6-8H,2-5H2,1H3;2*2-5H2,1H3,(H,7,8). The van der Waals surface area contributed by atoms with Crippen LogP contribution in [0.2, 0.25) is 0 Å². The van der Waals surface area contributed by atoms with Gasteiger partial charge >= 0.3 is 11.9 Å². The van der Waals surface area contributed by atoms with Crippen LogP contribution in [0.5, 0.6) is 0 Å². The Hall–Kier alpha value is -1.14.